The maximum atomic E-state index is 13.5. The number of rotatable bonds is 3. The summed E-state index contributed by atoms with van der Waals surface area (Å²) >= 11 is 0. The van der Waals surface area contributed by atoms with Gasteiger partial charge in [0.1, 0.15) is 5.82 Å². The van der Waals surface area contributed by atoms with Crippen molar-refractivity contribution in [3.63, 3.8) is 0 Å². The van der Waals surface area contributed by atoms with Crippen molar-refractivity contribution in [2.45, 2.75) is 0 Å². The molecule has 98 valence electrons. The molecule has 0 unspecified atom stereocenters. The molecule has 0 aliphatic rings. The van der Waals surface area contributed by atoms with Crippen LogP contribution in [0.15, 0.2) is 18.2 Å². The van der Waals surface area contributed by atoms with Gasteiger partial charge in [-0.1, -0.05) is 0 Å². The summed E-state index contributed by atoms with van der Waals surface area (Å²) in [6.07, 6.45) is 0. The Kier molecular flexibility index (Phi) is 4.25. The fraction of sp³-hybridized carbons (Fsp3) is 0.333. The highest BCUT2D eigenvalue weighted by Crippen LogP contribution is 2.13. The van der Waals surface area contributed by atoms with E-state index in [-0.39, 0.29) is 18.0 Å². The zero-order valence-corrected chi connectivity index (χ0v) is 10.6. The Morgan fingerprint density at radius 1 is 1.28 bits per heavy atom. The van der Waals surface area contributed by atoms with Gasteiger partial charge in [0, 0.05) is 26.8 Å². The highest BCUT2D eigenvalue weighted by Gasteiger charge is 2.19. The first-order chi connectivity index (χ1) is 8.32. The summed E-state index contributed by atoms with van der Waals surface area (Å²) in [5, 5.41) is 0. The van der Waals surface area contributed by atoms with E-state index in [4.69, 9.17) is 5.73 Å². The predicted octanol–water partition coefficient (Wildman–Crippen LogP) is 0.568. The van der Waals surface area contributed by atoms with Crippen LogP contribution in [0.2, 0.25) is 0 Å². The molecule has 0 bridgehead atoms. The monoisotopic (exact) mass is 253 g/mol. The molecule has 0 heterocycles. The molecule has 1 rings (SSSR count). The molecule has 0 radical (unpaired) electrons. The van der Waals surface area contributed by atoms with E-state index >= 15 is 0 Å². The van der Waals surface area contributed by atoms with Crippen molar-refractivity contribution in [1.82, 2.24) is 9.80 Å². The van der Waals surface area contributed by atoms with Crippen LogP contribution in [0.4, 0.5) is 10.1 Å². The van der Waals surface area contributed by atoms with E-state index in [1.165, 1.54) is 24.1 Å². The van der Waals surface area contributed by atoms with Gasteiger partial charge in [-0.25, -0.2) is 4.39 Å². The second-order valence-electron chi connectivity index (χ2n) is 4.19. The normalized spacial score (nSPS) is 10.0. The maximum absolute atomic E-state index is 13.5. The second-order valence-corrected chi connectivity index (χ2v) is 4.19. The highest BCUT2D eigenvalue weighted by molar-refractivity contribution is 5.97. The summed E-state index contributed by atoms with van der Waals surface area (Å²) in [4.78, 5) is 25.9. The van der Waals surface area contributed by atoms with E-state index in [0.717, 1.165) is 11.0 Å². The molecule has 0 fully saturated rings. The first-order valence-corrected chi connectivity index (χ1v) is 5.33. The maximum Gasteiger partial charge on any atom is 0.257 e. The van der Waals surface area contributed by atoms with Crippen LogP contribution in [0.5, 0.6) is 0 Å². The molecule has 1 aromatic rings. The van der Waals surface area contributed by atoms with Crippen molar-refractivity contribution in [3.05, 3.63) is 29.6 Å². The van der Waals surface area contributed by atoms with Gasteiger partial charge >= 0.3 is 0 Å². The first-order valence-electron chi connectivity index (χ1n) is 5.33. The number of carbonyl (C=O) groups excluding carboxylic acids is 2. The predicted molar refractivity (Wildman–Crippen MR) is 66.5 cm³/mol. The molecule has 0 spiro atoms. The lowest BCUT2D eigenvalue weighted by atomic mass is 10.1. The smallest absolute Gasteiger partial charge is 0.257 e. The van der Waals surface area contributed by atoms with Crippen LogP contribution in [-0.2, 0) is 4.79 Å². The lowest BCUT2D eigenvalue weighted by Crippen LogP contribution is -2.38. The van der Waals surface area contributed by atoms with Crippen LogP contribution in [0, 0.1) is 5.82 Å². The Morgan fingerprint density at radius 3 is 2.44 bits per heavy atom. The van der Waals surface area contributed by atoms with Gasteiger partial charge in [0.05, 0.1) is 12.1 Å². The number of nitrogens with zero attached hydrogens (tertiary/aromatic N) is 2. The SMILES string of the molecule is CN(C)C(=O)CN(C)C(=O)c1cc(N)ccc1F. The molecule has 0 saturated carbocycles. The molecular formula is C12H16FN3O2. The van der Waals surface area contributed by atoms with Crippen molar-refractivity contribution in [2.75, 3.05) is 33.4 Å². The molecule has 0 aliphatic heterocycles. The van der Waals surface area contributed by atoms with Gasteiger partial charge in [0.15, 0.2) is 0 Å². The topological polar surface area (TPSA) is 66.6 Å². The molecule has 2 amide bonds. The third-order valence-corrected chi connectivity index (χ3v) is 2.44. The fourth-order valence-corrected chi connectivity index (χ4v) is 1.33. The summed E-state index contributed by atoms with van der Waals surface area (Å²) in [5.74, 6) is -1.47. The van der Waals surface area contributed by atoms with Crippen molar-refractivity contribution < 1.29 is 14.0 Å². The number of hydrogen-bond acceptors (Lipinski definition) is 3. The molecule has 2 N–H and O–H groups in total. The summed E-state index contributed by atoms with van der Waals surface area (Å²) in [6.45, 7) is -0.111. The number of hydrogen-bond donors (Lipinski definition) is 1. The van der Waals surface area contributed by atoms with Crippen LogP contribution < -0.4 is 5.73 Å². The Labute approximate surface area is 105 Å². The Morgan fingerprint density at radius 2 is 1.89 bits per heavy atom. The molecule has 0 aliphatic carbocycles. The molecular weight excluding hydrogens is 237 g/mol. The molecule has 0 aromatic heterocycles. The number of nitrogen functional groups attached to an aromatic ring is 1. The summed E-state index contributed by atoms with van der Waals surface area (Å²) in [6, 6.07) is 3.76. The number of carbonyl (C=O) groups is 2. The van der Waals surface area contributed by atoms with Crippen molar-refractivity contribution in [1.29, 1.82) is 0 Å². The average molecular weight is 253 g/mol. The lowest BCUT2D eigenvalue weighted by molar-refractivity contribution is -0.129. The molecule has 6 heteroatoms. The molecule has 1 aromatic carbocycles. The number of halogens is 1. The fourth-order valence-electron chi connectivity index (χ4n) is 1.33. The van der Waals surface area contributed by atoms with E-state index in [1.807, 2.05) is 0 Å². The molecule has 18 heavy (non-hydrogen) atoms. The minimum absolute atomic E-state index is 0.111. The van der Waals surface area contributed by atoms with Crippen molar-refractivity contribution in [2.24, 2.45) is 0 Å². The largest absolute Gasteiger partial charge is 0.399 e. The van der Waals surface area contributed by atoms with Gasteiger partial charge in [-0.05, 0) is 18.2 Å². The number of amides is 2. The minimum atomic E-state index is -0.654. The minimum Gasteiger partial charge on any atom is -0.399 e. The van der Waals surface area contributed by atoms with Gasteiger partial charge in [-0.3, -0.25) is 9.59 Å². The van der Waals surface area contributed by atoms with Crippen molar-refractivity contribution >= 4 is 17.5 Å². The highest BCUT2D eigenvalue weighted by atomic mass is 19.1. The van der Waals surface area contributed by atoms with E-state index < -0.39 is 11.7 Å². The Bertz CT molecular complexity index is 474. The zero-order valence-electron chi connectivity index (χ0n) is 10.6. The zero-order chi connectivity index (χ0) is 13.9. The van der Waals surface area contributed by atoms with Crippen LogP contribution in [0.3, 0.4) is 0 Å². The second kappa shape index (κ2) is 5.48. The Hall–Kier alpha value is -2.11. The van der Waals surface area contributed by atoms with E-state index in [2.05, 4.69) is 0 Å². The van der Waals surface area contributed by atoms with E-state index in [9.17, 15) is 14.0 Å². The third-order valence-electron chi connectivity index (χ3n) is 2.44. The van der Waals surface area contributed by atoms with Crippen LogP contribution in [-0.4, -0.2) is 49.3 Å². The Balaban J connectivity index is 2.87. The lowest BCUT2D eigenvalue weighted by Gasteiger charge is -2.19. The van der Waals surface area contributed by atoms with Gasteiger partial charge < -0.3 is 15.5 Å². The number of likely N-dealkylation sites (N-methyl/N-ethyl adjacent to an activating group) is 2. The van der Waals surface area contributed by atoms with Crippen LogP contribution >= 0.6 is 0 Å². The van der Waals surface area contributed by atoms with Crippen LogP contribution in [0.1, 0.15) is 10.4 Å². The third kappa shape index (κ3) is 3.19. The first kappa shape index (κ1) is 14.0. The van der Waals surface area contributed by atoms with Gasteiger partial charge in [0.2, 0.25) is 5.91 Å². The summed E-state index contributed by atoms with van der Waals surface area (Å²) in [7, 11) is 4.61. The van der Waals surface area contributed by atoms with Gasteiger partial charge in [-0.15, -0.1) is 0 Å². The standard InChI is InChI=1S/C12H16FN3O2/c1-15(2)11(17)7-16(3)12(18)9-6-8(14)4-5-10(9)13/h4-6H,7,14H2,1-3H3. The number of benzene rings is 1. The van der Waals surface area contributed by atoms with Crippen LogP contribution in [0.25, 0.3) is 0 Å². The van der Waals surface area contributed by atoms with Crippen molar-refractivity contribution in [3.8, 4) is 0 Å². The summed E-state index contributed by atoms with van der Waals surface area (Å²) in [5.41, 5.74) is 5.67. The molecule has 5 nitrogen and oxygen atoms in total. The quantitative estimate of drug-likeness (QED) is 0.801. The van der Waals surface area contributed by atoms with E-state index in [0.29, 0.717) is 5.69 Å². The number of anilines is 1. The summed E-state index contributed by atoms with van der Waals surface area (Å²) < 4.78 is 13.5. The number of nitrogens with two attached hydrogens (primary N) is 1. The molecule has 0 atom stereocenters. The van der Waals surface area contributed by atoms with E-state index in [1.54, 1.807) is 14.1 Å². The molecule has 0 saturated heterocycles. The van der Waals surface area contributed by atoms with Gasteiger partial charge in [-0.2, -0.15) is 0 Å². The van der Waals surface area contributed by atoms with Gasteiger partial charge in [0.25, 0.3) is 5.91 Å². The average Bonchev–Trinajstić information content (AvgIpc) is 2.31.